The quantitative estimate of drug-likeness (QED) is 0.380. The van der Waals surface area contributed by atoms with Crippen molar-refractivity contribution in [2.75, 3.05) is 0 Å². The van der Waals surface area contributed by atoms with Gasteiger partial charge in [-0.05, 0) is 51.2 Å². The number of hydrogen-bond donors (Lipinski definition) is 0. The highest BCUT2D eigenvalue weighted by molar-refractivity contribution is 5.72. The fourth-order valence-corrected chi connectivity index (χ4v) is 3.98. The number of rotatable bonds is 7. The van der Waals surface area contributed by atoms with Crippen LogP contribution < -0.4 is 0 Å². The van der Waals surface area contributed by atoms with E-state index >= 15 is 0 Å². The van der Waals surface area contributed by atoms with E-state index in [1.165, 1.54) is 25.7 Å². The maximum atomic E-state index is 14.1. The number of hydrogen-bond acceptors (Lipinski definition) is 3. The van der Waals surface area contributed by atoms with Crippen LogP contribution in [0.2, 0.25) is 0 Å². The number of unbranched alkanes of at least 4 members (excludes halogenated alkanes) is 2. The number of nitrogens with zero attached hydrogens (tertiary/aromatic N) is 1. The summed E-state index contributed by atoms with van der Waals surface area (Å²) >= 11 is 0. The molecule has 0 aromatic carbocycles. The summed E-state index contributed by atoms with van der Waals surface area (Å²) in [6.45, 7) is 5.71. The van der Waals surface area contributed by atoms with Gasteiger partial charge in [-0.1, -0.05) is 32.6 Å². The second-order valence-electron chi connectivity index (χ2n) is 7.35. The summed E-state index contributed by atoms with van der Waals surface area (Å²) in [5, 5.41) is 0. The average molecular weight is 325 g/mol. The maximum Gasteiger partial charge on any atom is 0.309 e. The van der Waals surface area contributed by atoms with Crippen LogP contribution in [-0.4, -0.2) is 31.0 Å². The molecule has 0 saturated heterocycles. The van der Waals surface area contributed by atoms with Crippen molar-refractivity contribution in [3.05, 3.63) is 0 Å². The number of esters is 1. The van der Waals surface area contributed by atoms with Crippen molar-refractivity contribution in [3.8, 4) is 0 Å². The van der Waals surface area contributed by atoms with Gasteiger partial charge in [0.05, 0.1) is 12.0 Å². The SMILES string of the molecule is C=NC1CCC(OC(=O)C2CCC(CCCCC)CC2)C(F)C1. The first-order chi connectivity index (χ1) is 11.1. The third-order valence-electron chi connectivity index (χ3n) is 5.61. The van der Waals surface area contributed by atoms with Gasteiger partial charge < -0.3 is 4.74 Å². The minimum atomic E-state index is -1.09. The smallest absolute Gasteiger partial charge is 0.309 e. The Balaban J connectivity index is 1.70. The lowest BCUT2D eigenvalue weighted by Gasteiger charge is -2.32. The fourth-order valence-electron chi connectivity index (χ4n) is 3.98. The maximum absolute atomic E-state index is 14.1. The van der Waals surface area contributed by atoms with Crippen LogP contribution in [0.15, 0.2) is 4.99 Å². The van der Waals surface area contributed by atoms with Crippen LogP contribution in [0.25, 0.3) is 0 Å². The predicted molar refractivity (Wildman–Crippen MR) is 91.6 cm³/mol. The molecule has 3 unspecified atom stereocenters. The molecule has 0 aliphatic heterocycles. The lowest BCUT2D eigenvalue weighted by atomic mass is 9.79. The van der Waals surface area contributed by atoms with Crippen LogP contribution in [0.1, 0.15) is 77.6 Å². The van der Waals surface area contributed by atoms with Crippen molar-refractivity contribution in [2.45, 2.75) is 95.9 Å². The van der Waals surface area contributed by atoms with Crippen LogP contribution in [-0.2, 0) is 9.53 Å². The third-order valence-corrected chi connectivity index (χ3v) is 5.61. The molecule has 3 nitrogen and oxygen atoms in total. The Morgan fingerprint density at radius 2 is 1.91 bits per heavy atom. The van der Waals surface area contributed by atoms with E-state index in [4.69, 9.17) is 4.74 Å². The van der Waals surface area contributed by atoms with Crippen molar-refractivity contribution in [1.29, 1.82) is 0 Å². The summed E-state index contributed by atoms with van der Waals surface area (Å²) in [7, 11) is 0. The van der Waals surface area contributed by atoms with Crippen LogP contribution >= 0.6 is 0 Å². The van der Waals surface area contributed by atoms with Crippen molar-refractivity contribution in [2.24, 2.45) is 16.8 Å². The number of carbonyl (C=O) groups is 1. The zero-order valence-corrected chi connectivity index (χ0v) is 14.5. The van der Waals surface area contributed by atoms with Crippen molar-refractivity contribution in [1.82, 2.24) is 0 Å². The van der Waals surface area contributed by atoms with E-state index in [-0.39, 0.29) is 17.9 Å². The molecule has 0 N–H and O–H groups in total. The molecular weight excluding hydrogens is 293 g/mol. The van der Waals surface area contributed by atoms with Crippen molar-refractivity contribution < 1.29 is 13.9 Å². The Labute approximate surface area is 140 Å². The van der Waals surface area contributed by atoms with Crippen LogP contribution in [0, 0.1) is 11.8 Å². The molecule has 2 aliphatic rings. The summed E-state index contributed by atoms with van der Waals surface area (Å²) in [5.74, 6) is 0.586. The molecule has 2 aliphatic carbocycles. The first-order valence-corrected chi connectivity index (χ1v) is 9.44. The van der Waals surface area contributed by atoms with E-state index < -0.39 is 12.3 Å². The number of alkyl halides is 1. The first-order valence-electron chi connectivity index (χ1n) is 9.44. The highest BCUT2D eigenvalue weighted by Crippen LogP contribution is 2.34. The Hall–Kier alpha value is -0.930. The highest BCUT2D eigenvalue weighted by atomic mass is 19.1. The molecule has 2 saturated carbocycles. The Kier molecular flexibility index (Phi) is 7.51. The molecule has 0 amide bonds. The molecular formula is C19H32FNO2. The van der Waals surface area contributed by atoms with Gasteiger partial charge in [0, 0.05) is 6.42 Å². The number of carbonyl (C=O) groups excluding carboxylic acids is 1. The van der Waals surface area contributed by atoms with Crippen LogP contribution in [0.4, 0.5) is 4.39 Å². The minimum absolute atomic E-state index is 0.0140. The van der Waals surface area contributed by atoms with Gasteiger partial charge in [-0.3, -0.25) is 9.79 Å². The third kappa shape index (κ3) is 5.58. The summed E-state index contributed by atoms with van der Waals surface area (Å²) < 4.78 is 19.6. The van der Waals surface area contributed by atoms with Gasteiger partial charge in [-0.15, -0.1) is 0 Å². The number of ether oxygens (including phenoxy) is 1. The van der Waals surface area contributed by atoms with E-state index in [1.807, 2.05) is 0 Å². The van der Waals surface area contributed by atoms with Crippen LogP contribution in [0.5, 0.6) is 0 Å². The Bertz CT molecular complexity index is 380. The van der Waals surface area contributed by atoms with E-state index in [9.17, 15) is 9.18 Å². The molecule has 3 atom stereocenters. The van der Waals surface area contributed by atoms with Crippen molar-refractivity contribution in [3.63, 3.8) is 0 Å². The van der Waals surface area contributed by atoms with Gasteiger partial charge in [0.2, 0.25) is 0 Å². The molecule has 0 aromatic rings. The normalized spacial score (nSPS) is 34.8. The topological polar surface area (TPSA) is 38.7 Å². The standard InChI is InChI=1S/C19H32FNO2/c1-3-4-5-6-14-7-9-15(10-8-14)19(22)23-18-12-11-16(21-2)13-17(18)20/h14-18H,2-13H2,1H3. The average Bonchev–Trinajstić information content (AvgIpc) is 2.57. The monoisotopic (exact) mass is 325 g/mol. The summed E-state index contributed by atoms with van der Waals surface area (Å²) in [6, 6.07) is -0.0153. The first kappa shape index (κ1) is 18.4. The lowest BCUT2D eigenvalue weighted by Crippen LogP contribution is -2.38. The Morgan fingerprint density at radius 1 is 1.17 bits per heavy atom. The van der Waals surface area contributed by atoms with E-state index in [1.54, 1.807) is 0 Å². The lowest BCUT2D eigenvalue weighted by molar-refractivity contribution is -0.161. The molecule has 0 spiro atoms. The largest absolute Gasteiger partial charge is 0.459 e. The van der Waals surface area contributed by atoms with Gasteiger partial charge in [-0.2, -0.15) is 0 Å². The predicted octanol–water partition coefficient (Wildman–Crippen LogP) is 4.88. The van der Waals surface area contributed by atoms with Gasteiger partial charge >= 0.3 is 5.97 Å². The van der Waals surface area contributed by atoms with Gasteiger partial charge in [0.1, 0.15) is 12.3 Å². The Morgan fingerprint density at radius 3 is 2.52 bits per heavy atom. The van der Waals surface area contributed by atoms with E-state index in [2.05, 4.69) is 18.6 Å². The second kappa shape index (κ2) is 9.39. The van der Waals surface area contributed by atoms with Gasteiger partial charge in [-0.25, -0.2) is 4.39 Å². The molecule has 2 fully saturated rings. The summed E-state index contributed by atoms with van der Waals surface area (Å²) in [5.41, 5.74) is 0. The molecule has 4 heteroatoms. The minimum Gasteiger partial charge on any atom is -0.459 e. The molecule has 132 valence electrons. The van der Waals surface area contributed by atoms with Crippen LogP contribution in [0.3, 0.4) is 0 Å². The van der Waals surface area contributed by atoms with Gasteiger partial charge in [0.15, 0.2) is 0 Å². The molecule has 0 aromatic heterocycles. The fraction of sp³-hybridized carbons (Fsp3) is 0.895. The zero-order valence-electron chi connectivity index (χ0n) is 14.5. The number of aliphatic imine (C=N–C) groups is 1. The molecule has 0 bridgehead atoms. The molecule has 2 rings (SSSR count). The second-order valence-corrected chi connectivity index (χ2v) is 7.35. The summed E-state index contributed by atoms with van der Waals surface area (Å²) in [4.78, 5) is 16.2. The molecule has 0 heterocycles. The summed E-state index contributed by atoms with van der Waals surface area (Å²) in [6.07, 6.45) is 9.26. The molecule has 23 heavy (non-hydrogen) atoms. The van der Waals surface area contributed by atoms with Gasteiger partial charge in [0.25, 0.3) is 0 Å². The number of halogens is 1. The van der Waals surface area contributed by atoms with E-state index in [0.717, 1.165) is 38.0 Å². The molecule has 0 radical (unpaired) electrons. The zero-order chi connectivity index (χ0) is 16.7. The van der Waals surface area contributed by atoms with Crippen molar-refractivity contribution >= 4 is 12.7 Å². The van der Waals surface area contributed by atoms with E-state index in [0.29, 0.717) is 12.8 Å². The highest BCUT2D eigenvalue weighted by Gasteiger charge is 2.35.